The fourth-order valence-electron chi connectivity index (χ4n) is 1.58. The summed E-state index contributed by atoms with van der Waals surface area (Å²) in [6, 6.07) is 5.61. The first-order valence-electron chi connectivity index (χ1n) is 4.75. The molecular formula is C11H11BrClN3. The number of anilines is 1. The van der Waals surface area contributed by atoms with Crippen molar-refractivity contribution in [3.8, 4) is 11.3 Å². The zero-order valence-electron chi connectivity index (χ0n) is 8.96. The largest absolute Gasteiger partial charge is 0.384 e. The van der Waals surface area contributed by atoms with E-state index in [1.54, 1.807) is 4.68 Å². The molecule has 2 aromatic rings. The minimum Gasteiger partial charge on any atom is -0.384 e. The maximum Gasteiger partial charge on any atom is 0.124 e. The van der Waals surface area contributed by atoms with Gasteiger partial charge in [-0.1, -0.05) is 27.5 Å². The van der Waals surface area contributed by atoms with Crippen LogP contribution in [0.4, 0.5) is 5.82 Å². The third-order valence-corrected chi connectivity index (χ3v) is 3.45. The van der Waals surface area contributed by atoms with Gasteiger partial charge in [-0.2, -0.15) is 5.10 Å². The predicted molar refractivity (Wildman–Crippen MR) is 70.5 cm³/mol. The first kappa shape index (κ1) is 11.5. The number of aryl methyl sites for hydroxylation is 1. The second-order valence-corrected chi connectivity index (χ2v) is 4.90. The number of nitrogens with zero attached hydrogens (tertiary/aromatic N) is 2. The molecule has 1 aromatic carbocycles. The summed E-state index contributed by atoms with van der Waals surface area (Å²) in [5.74, 6) is 0.668. The number of nitrogen functional groups attached to an aromatic ring is 1. The van der Waals surface area contributed by atoms with Crippen molar-refractivity contribution in [3.05, 3.63) is 33.3 Å². The first-order chi connectivity index (χ1) is 7.50. The molecule has 84 valence electrons. The molecule has 3 nitrogen and oxygen atoms in total. The highest BCUT2D eigenvalue weighted by Gasteiger charge is 2.14. The van der Waals surface area contributed by atoms with Gasteiger partial charge in [0.2, 0.25) is 0 Å². The van der Waals surface area contributed by atoms with E-state index in [1.807, 2.05) is 32.2 Å². The van der Waals surface area contributed by atoms with Crippen LogP contribution in [0.25, 0.3) is 11.3 Å². The maximum absolute atomic E-state index is 5.98. The highest BCUT2D eigenvalue weighted by atomic mass is 79.9. The molecule has 16 heavy (non-hydrogen) atoms. The number of benzene rings is 1. The van der Waals surface area contributed by atoms with Gasteiger partial charge in [0.25, 0.3) is 0 Å². The summed E-state index contributed by atoms with van der Waals surface area (Å²) >= 11 is 9.47. The van der Waals surface area contributed by atoms with Crippen molar-refractivity contribution in [3.63, 3.8) is 0 Å². The van der Waals surface area contributed by atoms with E-state index in [0.29, 0.717) is 10.8 Å². The van der Waals surface area contributed by atoms with Crippen LogP contribution in [0.5, 0.6) is 0 Å². The number of rotatable bonds is 1. The Labute approximate surface area is 107 Å². The molecule has 0 unspecified atom stereocenters. The monoisotopic (exact) mass is 299 g/mol. The van der Waals surface area contributed by atoms with E-state index in [-0.39, 0.29) is 0 Å². The number of halogens is 2. The van der Waals surface area contributed by atoms with Crippen LogP contribution in [-0.4, -0.2) is 9.78 Å². The van der Waals surface area contributed by atoms with Crippen LogP contribution >= 0.6 is 27.5 Å². The van der Waals surface area contributed by atoms with E-state index in [2.05, 4.69) is 21.0 Å². The van der Waals surface area contributed by atoms with Crippen LogP contribution in [-0.2, 0) is 7.05 Å². The first-order valence-corrected chi connectivity index (χ1v) is 5.92. The molecular weight excluding hydrogens is 289 g/mol. The van der Waals surface area contributed by atoms with Crippen molar-refractivity contribution in [2.75, 3.05) is 5.73 Å². The van der Waals surface area contributed by atoms with Crippen molar-refractivity contribution in [2.45, 2.75) is 6.92 Å². The Bertz CT molecular complexity index is 548. The summed E-state index contributed by atoms with van der Waals surface area (Å²) in [7, 11) is 1.82. The molecule has 0 aliphatic heterocycles. The lowest BCUT2D eigenvalue weighted by Gasteiger charge is -2.02. The molecule has 0 aliphatic rings. The van der Waals surface area contributed by atoms with Crippen molar-refractivity contribution in [2.24, 2.45) is 7.05 Å². The van der Waals surface area contributed by atoms with Gasteiger partial charge in [-0.15, -0.1) is 0 Å². The molecule has 0 spiro atoms. The molecule has 0 bridgehead atoms. The zero-order valence-corrected chi connectivity index (χ0v) is 11.3. The van der Waals surface area contributed by atoms with Crippen LogP contribution in [0, 0.1) is 6.92 Å². The normalized spacial score (nSPS) is 10.8. The third kappa shape index (κ3) is 1.83. The molecule has 0 amide bonds. The van der Waals surface area contributed by atoms with Gasteiger partial charge < -0.3 is 5.73 Å². The Kier molecular flexibility index (Phi) is 2.95. The van der Waals surface area contributed by atoms with Crippen molar-refractivity contribution >= 4 is 33.3 Å². The van der Waals surface area contributed by atoms with E-state index in [0.717, 1.165) is 21.3 Å². The molecule has 2 N–H and O–H groups in total. The summed E-state index contributed by atoms with van der Waals surface area (Å²) in [6.07, 6.45) is 0. The summed E-state index contributed by atoms with van der Waals surface area (Å²) in [5.41, 5.74) is 8.66. The fraction of sp³-hybridized carbons (Fsp3) is 0.182. The number of hydrogen-bond donors (Lipinski definition) is 1. The van der Waals surface area contributed by atoms with E-state index < -0.39 is 0 Å². The van der Waals surface area contributed by atoms with Gasteiger partial charge in [0.1, 0.15) is 5.82 Å². The minimum atomic E-state index is 0.668. The van der Waals surface area contributed by atoms with Gasteiger partial charge in [0.15, 0.2) is 0 Å². The Morgan fingerprint density at radius 2 is 2.12 bits per heavy atom. The van der Waals surface area contributed by atoms with E-state index >= 15 is 0 Å². The third-order valence-electron chi connectivity index (χ3n) is 2.52. The summed E-state index contributed by atoms with van der Waals surface area (Å²) < 4.78 is 2.62. The average molecular weight is 301 g/mol. The molecule has 5 heteroatoms. The van der Waals surface area contributed by atoms with Gasteiger partial charge in [0.05, 0.1) is 5.69 Å². The molecule has 0 atom stereocenters. The van der Waals surface area contributed by atoms with Crippen LogP contribution < -0.4 is 5.73 Å². The Morgan fingerprint density at radius 3 is 2.69 bits per heavy atom. The minimum absolute atomic E-state index is 0.668. The van der Waals surface area contributed by atoms with Gasteiger partial charge in [-0.25, -0.2) is 0 Å². The van der Waals surface area contributed by atoms with E-state index in [4.69, 9.17) is 17.3 Å². The number of hydrogen-bond acceptors (Lipinski definition) is 2. The highest BCUT2D eigenvalue weighted by Crippen LogP contribution is 2.33. The Balaban J connectivity index is 2.67. The van der Waals surface area contributed by atoms with E-state index in [1.165, 1.54) is 0 Å². The summed E-state index contributed by atoms with van der Waals surface area (Å²) in [4.78, 5) is 0. The molecule has 0 radical (unpaired) electrons. The number of nitrogens with two attached hydrogens (primary N) is 1. The van der Waals surface area contributed by atoms with Crippen LogP contribution in [0.15, 0.2) is 22.7 Å². The van der Waals surface area contributed by atoms with Crippen LogP contribution in [0.2, 0.25) is 5.02 Å². The smallest absolute Gasteiger partial charge is 0.124 e. The molecule has 2 rings (SSSR count). The van der Waals surface area contributed by atoms with E-state index in [9.17, 15) is 0 Å². The predicted octanol–water partition coefficient (Wildman–Crippen LogP) is 3.39. The van der Waals surface area contributed by atoms with Crippen LogP contribution in [0.3, 0.4) is 0 Å². The lowest BCUT2D eigenvalue weighted by atomic mass is 10.1. The molecule has 0 aliphatic carbocycles. The molecule has 0 saturated heterocycles. The van der Waals surface area contributed by atoms with Crippen molar-refractivity contribution in [1.29, 1.82) is 0 Å². The molecule has 0 saturated carbocycles. The van der Waals surface area contributed by atoms with Crippen molar-refractivity contribution < 1.29 is 0 Å². The quantitative estimate of drug-likeness (QED) is 0.877. The maximum atomic E-state index is 5.98. The van der Waals surface area contributed by atoms with Crippen molar-refractivity contribution in [1.82, 2.24) is 9.78 Å². The SMILES string of the molecule is Cc1c(-c2cc(Cl)ccc2Br)nn(C)c1N. The lowest BCUT2D eigenvalue weighted by Crippen LogP contribution is -1.97. The second-order valence-electron chi connectivity index (χ2n) is 3.61. The second kappa shape index (κ2) is 4.11. The Morgan fingerprint density at radius 1 is 1.44 bits per heavy atom. The Hall–Kier alpha value is -1.00. The van der Waals surface area contributed by atoms with Crippen LogP contribution in [0.1, 0.15) is 5.56 Å². The summed E-state index contributed by atoms with van der Waals surface area (Å²) in [6.45, 7) is 1.95. The van der Waals surface area contributed by atoms with Gasteiger partial charge in [0, 0.05) is 27.7 Å². The average Bonchev–Trinajstić information content (AvgIpc) is 2.50. The lowest BCUT2D eigenvalue weighted by molar-refractivity contribution is 0.782. The van der Waals surface area contributed by atoms with Gasteiger partial charge >= 0.3 is 0 Å². The highest BCUT2D eigenvalue weighted by molar-refractivity contribution is 9.10. The molecule has 1 heterocycles. The standard InChI is InChI=1S/C11H11BrClN3/c1-6-10(15-16(2)11(6)14)8-5-7(13)3-4-9(8)12/h3-5H,14H2,1-2H3. The van der Waals surface area contributed by atoms with Gasteiger partial charge in [-0.3, -0.25) is 4.68 Å². The zero-order chi connectivity index (χ0) is 11.9. The molecule has 0 fully saturated rings. The summed E-state index contributed by atoms with van der Waals surface area (Å²) in [5, 5.41) is 5.07. The number of aromatic nitrogens is 2. The topological polar surface area (TPSA) is 43.8 Å². The molecule has 1 aromatic heterocycles. The van der Waals surface area contributed by atoms with Gasteiger partial charge in [-0.05, 0) is 25.1 Å². The fourth-order valence-corrected chi connectivity index (χ4v) is 2.18.